The van der Waals surface area contributed by atoms with Crippen molar-refractivity contribution in [2.24, 2.45) is 0 Å². The lowest BCUT2D eigenvalue weighted by Crippen LogP contribution is -2.56. The number of amides is 2. The zero-order valence-corrected chi connectivity index (χ0v) is 19.9. The van der Waals surface area contributed by atoms with E-state index in [1.807, 2.05) is 24.0 Å². The molecule has 0 radical (unpaired) electrons. The highest BCUT2D eigenvalue weighted by atomic mass is 35.5. The van der Waals surface area contributed by atoms with Gasteiger partial charge < -0.3 is 9.64 Å². The molecule has 3 heterocycles. The van der Waals surface area contributed by atoms with E-state index in [9.17, 15) is 14.0 Å². The minimum atomic E-state index is -1.31. The molecule has 3 aliphatic heterocycles. The van der Waals surface area contributed by atoms with Crippen molar-refractivity contribution < 1.29 is 18.7 Å². The number of halogens is 2. The zero-order chi connectivity index (χ0) is 23.0. The zero-order valence-electron chi connectivity index (χ0n) is 18.4. The first-order valence-corrected chi connectivity index (χ1v) is 12.1. The summed E-state index contributed by atoms with van der Waals surface area (Å²) in [5.41, 5.74) is 2.50. The van der Waals surface area contributed by atoms with E-state index in [0.29, 0.717) is 18.0 Å². The minimum Gasteiger partial charge on any atom is -0.494 e. The number of rotatable bonds is 3. The molecular weight excluding hydrogens is 451 g/mol. The van der Waals surface area contributed by atoms with E-state index < -0.39 is 16.2 Å². The van der Waals surface area contributed by atoms with Crippen LogP contribution in [-0.4, -0.2) is 29.7 Å². The molecule has 168 valence electrons. The van der Waals surface area contributed by atoms with Crippen LogP contribution < -0.4 is 14.5 Å². The molecule has 5 rings (SSSR count). The van der Waals surface area contributed by atoms with Gasteiger partial charge in [0.1, 0.15) is 11.6 Å². The molecule has 0 aliphatic carbocycles. The minimum absolute atomic E-state index is 0.0318. The number of benzene rings is 2. The van der Waals surface area contributed by atoms with Crippen molar-refractivity contribution >= 4 is 46.6 Å². The lowest BCUT2D eigenvalue weighted by molar-refractivity contribution is -0.124. The Kier molecular flexibility index (Phi) is 4.81. The number of anilines is 2. The first-order chi connectivity index (χ1) is 15.1. The molecule has 1 fully saturated rings. The number of hydrogen-bond donors (Lipinski definition) is 0. The Morgan fingerprint density at radius 3 is 2.66 bits per heavy atom. The van der Waals surface area contributed by atoms with Gasteiger partial charge in [-0.1, -0.05) is 18.5 Å². The summed E-state index contributed by atoms with van der Waals surface area (Å²) in [5, 5.41) is -0.0318. The van der Waals surface area contributed by atoms with Gasteiger partial charge in [0, 0.05) is 16.8 Å². The van der Waals surface area contributed by atoms with Gasteiger partial charge >= 0.3 is 0 Å². The maximum Gasteiger partial charge on any atom is 0.269 e. The summed E-state index contributed by atoms with van der Waals surface area (Å²) in [5.74, 6) is -0.0516. The van der Waals surface area contributed by atoms with Gasteiger partial charge in [-0.05, 0) is 69.0 Å². The van der Waals surface area contributed by atoms with Crippen LogP contribution in [0, 0.1) is 5.82 Å². The molecule has 2 amide bonds. The average molecular weight is 475 g/mol. The third-order valence-corrected chi connectivity index (χ3v) is 8.27. The van der Waals surface area contributed by atoms with Gasteiger partial charge in [0.15, 0.2) is 0 Å². The molecule has 0 bridgehead atoms. The number of fused-ring (bicyclic) bond motifs is 1. The largest absolute Gasteiger partial charge is 0.494 e. The van der Waals surface area contributed by atoms with Gasteiger partial charge in [0.2, 0.25) is 10.8 Å². The van der Waals surface area contributed by atoms with E-state index in [1.54, 1.807) is 6.07 Å². The Labute approximate surface area is 195 Å². The van der Waals surface area contributed by atoms with Crippen LogP contribution in [0.15, 0.2) is 30.3 Å². The highest BCUT2D eigenvalue weighted by molar-refractivity contribution is 8.02. The van der Waals surface area contributed by atoms with Crippen LogP contribution in [0.5, 0.6) is 5.75 Å². The van der Waals surface area contributed by atoms with Crippen LogP contribution in [-0.2, 0) is 14.5 Å². The molecule has 0 N–H and O–H groups in total. The predicted molar refractivity (Wildman–Crippen MR) is 125 cm³/mol. The first-order valence-electron chi connectivity index (χ1n) is 10.7. The Hall–Kier alpha value is -2.25. The van der Waals surface area contributed by atoms with Gasteiger partial charge in [0.25, 0.3) is 5.91 Å². The van der Waals surface area contributed by atoms with Crippen molar-refractivity contribution in [3.63, 3.8) is 0 Å². The van der Waals surface area contributed by atoms with Crippen LogP contribution in [0.1, 0.15) is 51.2 Å². The van der Waals surface area contributed by atoms with Gasteiger partial charge in [-0.2, -0.15) is 0 Å². The van der Waals surface area contributed by atoms with E-state index in [4.69, 9.17) is 16.3 Å². The normalized spacial score (nSPS) is 25.6. The second-order valence-electron chi connectivity index (χ2n) is 9.16. The maximum absolute atomic E-state index is 14.4. The number of thioether (sulfide) groups is 1. The number of carbonyl (C=O) groups is 2. The van der Waals surface area contributed by atoms with Gasteiger partial charge in [0.05, 0.1) is 23.1 Å². The second kappa shape index (κ2) is 7.12. The molecule has 5 nitrogen and oxygen atoms in total. The van der Waals surface area contributed by atoms with Crippen molar-refractivity contribution in [3.8, 4) is 5.75 Å². The second-order valence-corrected chi connectivity index (χ2v) is 10.7. The lowest BCUT2D eigenvalue weighted by Gasteiger charge is -2.44. The van der Waals surface area contributed by atoms with Gasteiger partial charge in [-0.3, -0.25) is 14.5 Å². The lowest BCUT2D eigenvalue weighted by atomic mass is 9.80. The van der Waals surface area contributed by atoms with E-state index in [2.05, 4.69) is 20.8 Å². The molecule has 2 atom stereocenters. The van der Waals surface area contributed by atoms with Gasteiger partial charge in [-0.25, -0.2) is 4.39 Å². The van der Waals surface area contributed by atoms with Gasteiger partial charge in [-0.15, -0.1) is 11.8 Å². The quantitative estimate of drug-likeness (QED) is 0.594. The summed E-state index contributed by atoms with van der Waals surface area (Å²) < 4.78 is 20.2. The molecule has 32 heavy (non-hydrogen) atoms. The Balaban J connectivity index is 1.80. The van der Waals surface area contributed by atoms with E-state index in [-0.39, 0.29) is 28.5 Å². The van der Waals surface area contributed by atoms with Crippen LogP contribution in [0.3, 0.4) is 0 Å². The van der Waals surface area contributed by atoms with Crippen molar-refractivity contribution in [2.45, 2.75) is 50.4 Å². The number of ether oxygens (including phenoxy) is 1. The fourth-order valence-electron chi connectivity index (χ4n) is 5.44. The third-order valence-electron chi connectivity index (χ3n) is 6.58. The number of carbonyl (C=O) groups excluding carboxylic acids is 2. The molecule has 1 saturated heterocycles. The summed E-state index contributed by atoms with van der Waals surface area (Å²) in [6, 6.07) is 8.12. The van der Waals surface area contributed by atoms with Crippen LogP contribution in [0.25, 0.3) is 0 Å². The van der Waals surface area contributed by atoms with Crippen molar-refractivity contribution in [2.75, 3.05) is 22.2 Å². The van der Waals surface area contributed by atoms with Crippen LogP contribution in [0.2, 0.25) is 5.02 Å². The molecule has 3 aliphatic rings. The SMILES string of the molecule is CCOc1cc2c3c(c1)[C@]1(SCC(=O)N1c1ccc(Cl)c(F)c1)C(=O)N3C(C)(C)C[C@@H]2C. The Bertz CT molecular complexity index is 1170. The Morgan fingerprint density at radius 1 is 1.22 bits per heavy atom. The monoisotopic (exact) mass is 474 g/mol. The first kappa shape index (κ1) is 21.6. The Morgan fingerprint density at radius 2 is 1.97 bits per heavy atom. The molecule has 0 saturated carbocycles. The van der Waals surface area contributed by atoms with Crippen molar-refractivity contribution in [1.29, 1.82) is 0 Å². The predicted octanol–water partition coefficient (Wildman–Crippen LogP) is 5.44. The molecule has 1 spiro atoms. The highest BCUT2D eigenvalue weighted by Gasteiger charge is 2.64. The summed E-state index contributed by atoms with van der Waals surface area (Å²) >= 11 is 7.18. The van der Waals surface area contributed by atoms with E-state index >= 15 is 0 Å². The smallest absolute Gasteiger partial charge is 0.269 e. The fourth-order valence-corrected chi connectivity index (χ4v) is 6.88. The van der Waals surface area contributed by atoms with E-state index in [0.717, 1.165) is 23.2 Å². The standard InChI is InChI=1S/C24H24ClFN2O3S/c1-5-31-15-9-16-13(2)11-23(3,4)28-21(16)17(10-15)24(22(28)30)27(20(29)12-32-24)14-6-7-18(25)19(26)8-14/h6-10,13H,5,11-12H2,1-4H3/t13-,24-/m0/s1. The van der Waals surface area contributed by atoms with E-state index in [1.165, 1.54) is 28.8 Å². The molecular formula is C24H24ClFN2O3S. The molecule has 0 unspecified atom stereocenters. The summed E-state index contributed by atoms with van der Waals surface area (Å²) in [6.45, 7) is 8.66. The van der Waals surface area contributed by atoms with Crippen LogP contribution in [0.4, 0.5) is 15.8 Å². The topological polar surface area (TPSA) is 49.9 Å². The van der Waals surface area contributed by atoms with Crippen LogP contribution >= 0.6 is 23.4 Å². The third kappa shape index (κ3) is 2.76. The maximum atomic E-state index is 14.4. The average Bonchev–Trinajstić information content (AvgIpc) is 3.19. The molecule has 0 aromatic heterocycles. The van der Waals surface area contributed by atoms with Crippen molar-refractivity contribution in [1.82, 2.24) is 0 Å². The molecule has 8 heteroatoms. The highest BCUT2D eigenvalue weighted by Crippen LogP contribution is 2.62. The molecule has 2 aromatic carbocycles. The van der Waals surface area contributed by atoms with Crippen molar-refractivity contribution in [3.05, 3.63) is 52.3 Å². The fraction of sp³-hybridized carbons (Fsp3) is 0.417. The summed E-state index contributed by atoms with van der Waals surface area (Å²) in [4.78, 5) is 29.4. The summed E-state index contributed by atoms with van der Waals surface area (Å²) in [6.07, 6.45) is 0.783. The number of nitrogens with zero attached hydrogens (tertiary/aromatic N) is 2. The number of hydrogen-bond acceptors (Lipinski definition) is 4. The molecule has 2 aromatic rings. The summed E-state index contributed by atoms with van der Waals surface area (Å²) in [7, 11) is 0.